The normalized spacial score (nSPS) is 10.7. The number of hydrogen-bond acceptors (Lipinski definition) is 4. The van der Waals surface area contributed by atoms with Gasteiger partial charge in [0.15, 0.2) is 0 Å². The summed E-state index contributed by atoms with van der Waals surface area (Å²) in [6.45, 7) is 0. The van der Waals surface area contributed by atoms with E-state index in [1.165, 1.54) is 7.11 Å². The fourth-order valence-electron chi connectivity index (χ4n) is 1.96. The van der Waals surface area contributed by atoms with Gasteiger partial charge in [0.1, 0.15) is 5.69 Å². The predicted octanol–water partition coefficient (Wildman–Crippen LogP) is 2.57. The van der Waals surface area contributed by atoms with Crippen LogP contribution in [0.3, 0.4) is 0 Å². The summed E-state index contributed by atoms with van der Waals surface area (Å²) in [7, 11) is 1.35. The fraction of sp³-hybridized carbons (Fsp3) is 0.0714. The van der Waals surface area contributed by atoms with Crippen molar-refractivity contribution in [1.29, 1.82) is 0 Å². The van der Waals surface area contributed by atoms with Crippen LogP contribution in [0.4, 0.5) is 0 Å². The maximum absolute atomic E-state index is 11.5. The van der Waals surface area contributed by atoms with E-state index in [-0.39, 0.29) is 0 Å². The van der Waals surface area contributed by atoms with Gasteiger partial charge in [0.05, 0.1) is 18.1 Å². The molecule has 3 aromatic rings. The molecular weight excluding hydrogens is 228 g/mol. The number of nitrogens with zero attached hydrogens (tertiary/aromatic N) is 2. The predicted molar refractivity (Wildman–Crippen MR) is 68.4 cm³/mol. The third-order valence-electron chi connectivity index (χ3n) is 2.84. The quantitative estimate of drug-likeness (QED) is 0.483. The van der Waals surface area contributed by atoms with Gasteiger partial charge in [-0.15, -0.1) is 0 Å². The Bertz CT molecular complexity index is 753. The molecule has 2 heterocycles. The topological polar surface area (TPSA) is 52.1 Å². The van der Waals surface area contributed by atoms with Gasteiger partial charge in [-0.05, 0) is 24.3 Å². The zero-order chi connectivity index (χ0) is 12.5. The first-order valence-corrected chi connectivity index (χ1v) is 5.52. The molecule has 0 unspecified atom stereocenters. The summed E-state index contributed by atoms with van der Waals surface area (Å²) >= 11 is 0. The van der Waals surface area contributed by atoms with Crippen molar-refractivity contribution in [3.05, 3.63) is 48.3 Å². The highest BCUT2D eigenvalue weighted by Crippen LogP contribution is 2.22. The molecule has 0 amide bonds. The molecule has 0 aliphatic rings. The molecule has 0 atom stereocenters. The SMILES string of the molecule is COC(=O)c1ccc2ccc3ncccc3c2n1. The molecule has 3 rings (SSSR count). The van der Waals surface area contributed by atoms with E-state index in [1.54, 1.807) is 12.3 Å². The monoisotopic (exact) mass is 238 g/mol. The summed E-state index contributed by atoms with van der Waals surface area (Å²) in [6.07, 6.45) is 1.73. The lowest BCUT2D eigenvalue weighted by Crippen LogP contribution is -2.04. The molecule has 0 bridgehead atoms. The minimum Gasteiger partial charge on any atom is -0.464 e. The lowest BCUT2D eigenvalue weighted by molar-refractivity contribution is 0.0594. The minimum absolute atomic E-state index is 0.307. The molecule has 0 aliphatic heterocycles. The molecule has 0 aliphatic carbocycles. The van der Waals surface area contributed by atoms with Crippen LogP contribution in [0.25, 0.3) is 21.8 Å². The zero-order valence-electron chi connectivity index (χ0n) is 9.75. The van der Waals surface area contributed by atoms with Gasteiger partial charge in [-0.1, -0.05) is 12.1 Å². The van der Waals surface area contributed by atoms with E-state index in [9.17, 15) is 4.79 Å². The van der Waals surface area contributed by atoms with Crippen LogP contribution in [0.2, 0.25) is 0 Å². The average molecular weight is 238 g/mol. The molecule has 2 aromatic heterocycles. The van der Waals surface area contributed by atoms with Gasteiger partial charge < -0.3 is 4.74 Å². The number of hydrogen-bond donors (Lipinski definition) is 0. The molecule has 1 aromatic carbocycles. The number of aromatic nitrogens is 2. The lowest BCUT2D eigenvalue weighted by atomic mass is 10.1. The van der Waals surface area contributed by atoms with Gasteiger partial charge in [-0.25, -0.2) is 9.78 Å². The number of carbonyl (C=O) groups excluding carboxylic acids is 1. The van der Waals surface area contributed by atoms with E-state index in [0.29, 0.717) is 5.69 Å². The van der Waals surface area contributed by atoms with Crippen molar-refractivity contribution < 1.29 is 9.53 Å². The van der Waals surface area contributed by atoms with Gasteiger partial charge in [-0.2, -0.15) is 0 Å². The third kappa shape index (κ3) is 1.59. The Hall–Kier alpha value is -2.49. The summed E-state index contributed by atoms with van der Waals surface area (Å²) < 4.78 is 4.68. The fourth-order valence-corrected chi connectivity index (χ4v) is 1.96. The van der Waals surface area contributed by atoms with Gasteiger partial charge in [0, 0.05) is 17.0 Å². The number of ether oxygens (including phenoxy) is 1. The van der Waals surface area contributed by atoms with E-state index in [2.05, 4.69) is 14.7 Å². The third-order valence-corrected chi connectivity index (χ3v) is 2.84. The summed E-state index contributed by atoms with van der Waals surface area (Å²) in [5.41, 5.74) is 1.93. The van der Waals surface area contributed by atoms with Gasteiger partial charge in [0.2, 0.25) is 0 Å². The van der Waals surface area contributed by atoms with Crippen LogP contribution in [-0.2, 0) is 4.74 Å². The Kier molecular flexibility index (Phi) is 2.41. The first-order chi connectivity index (χ1) is 8.79. The van der Waals surface area contributed by atoms with E-state index >= 15 is 0 Å². The summed E-state index contributed by atoms with van der Waals surface area (Å²) in [5.74, 6) is -0.433. The molecule has 0 fully saturated rings. The van der Waals surface area contributed by atoms with Crippen LogP contribution in [0.15, 0.2) is 42.6 Å². The van der Waals surface area contributed by atoms with E-state index < -0.39 is 5.97 Å². The standard InChI is InChI=1S/C14H10N2O2/c1-18-14(17)12-7-5-9-4-6-11-10(13(9)16-12)3-2-8-15-11/h2-8H,1H3. The second-order valence-electron chi connectivity index (χ2n) is 3.90. The van der Waals surface area contributed by atoms with Crippen molar-refractivity contribution >= 4 is 27.8 Å². The van der Waals surface area contributed by atoms with Crippen molar-refractivity contribution in [3.63, 3.8) is 0 Å². The maximum atomic E-state index is 11.5. The highest BCUT2D eigenvalue weighted by molar-refractivity contribution is 6.04. The lowest BCUT2D eigenvalue weighted by Gasteiger charge is -2.04. The Morgan fingerprint density at radius 2 is 2.00 bits per heavy atom. The van der Waals surface area contributed by atoms with Crippen molar-refractivity contribution in [3.8, 4) is 0 Å². The minimum atomic E-state index is -0.433. The van der Waals surface area contributed by atoms with E-state index in [0.717, 1.165) is 21.8 Å². The molecule has 0 saturated heterocycles. The number of pyridine rings is 2. The highest BCUT2D eigenvalue weighted by atomic mass is 16.5. The summed E-state index contributed by atoms with van der Waals surface area (Å²) in [5, 5.41) is 1.91. The van der Waals surface area contributed by atoms with Crippen molar-refractivity contribution in [2.45, 2.75) is 0 Å². The Labute approximate surface area is 103 Å². The second-order valence-corrected chi connectivity index (χ2v) is 3.90. The molecule has 4 nitrogen and oxygen atoms in total. The molecule has 0 radical (unpaired) electrons. The highest BCUT2D eigenvalue weighted by Gasteiger charge is 2.09. The van der Waals surface area contributed by atoms with Gasteiger partial charge in [0.25, 0.3) is 0 Å². The first kappa shape index (κ1) is 10.7. The van der Waals surface area contributed by atoms with Crippen molar-refractivity contribution in [2.24, 2.45) is 0 Å². The average Bonchev–Trinajstić information content (AvgIpc) is 2.45. The van der Waals surface area contributed by atoms with Crippen LogP contribution in [-0.4, -0.2) is 23.0 Å². The van der Waals surface area contributed by atoms with Crippen LogP contribution in [0.5, 0.6) is 0 Å². The molecular formula is C14H10N2O2. The van der Waals surface area contributed by atoms with Crippen LogP contribution >= 0.6 is 0 Å². The molecule has 0 N–H and O–H groups in total. The Morgan fingerprint density at radius 3 is 2.83 bits per heavy atom. The van der Waals surface area contributed by atoms with Crippen molar-refractivity contribution in [2.75, 3.05) is 7.11 Å². The number of esters is 1. The number of methoxy groups -OCH3 is 1. The molecule has 4 heteroatoms. The number of benzene rings is 1. The van der Waals surface area contributed by atoms with Gasteiger partial charge in [-0.3, -0.25) is 4.98 Å². The Balaban J connectivity index is 2.36. The van der Waals surface area contributed by atoms with Crippen LogP contribution < -0.4 is 0 Å². The molecule has 88 valence electrons. The van der Waals surface area contributed by atoms with Gasteiger partial charge >= 0.3 is 5.97 Å². The van der Waals surface area contributed by atoms with E-state index in [4.69, 9.17) is 0 Å². The summed E-state index contributed by atoms with van der Waals surface area (Å²) in [4.78, 5) is 20.1. The first-order valence-electron chi connectivity index (χ1n) is 5.52. The zero-order valence-corrected chi connectivity index (χ0v) is 9.75. The maximum Gasteiger partial charge on any atom is 0.356 e. The largest absolute Gasteiger partial charge is 0.464 e. The van der Waals surface area contributed by atoms with Crippen molar-refractivity contribution in [1.82, 2.24) is 9.97 Å². The number of rotatable bonds is 1. The van der Waals surface area contributed by atoms with Crippen LogP contribution in [0, 0.1) is 0 Å². The van der Waals surface area contributed by atoms with Crippen LogP contribution in [0.1, 0.15) is 10.5 Å². The second kappa shape index (κ2) is 4.07. The Morgan fingerprint density at radius 1 is 1.17 bits per heavy atom. The molecule has 0 saturated carbocycles. The smallest absolute Gasteiger partial charge is 0.356 e. The van der Waals surface area contributed by atoms with E-state index in [1.807, 2.05) is 30.3 Å². The number of fused-ring (bicyclic) bond motifs is 3. The molecule has 18 heavy (non-hydrogen) atoms. The molecule has 0 spiro atoms. The summed E-state index contributed by atoms with van der Waals surface area (Å²) in [6, 6.07) is 11.2. The number of carbonyl (C=O) groups is 1.